The van der Waals surface area contributed by atoms with Gasteiger partial charge in [-0.15, -0.1) is 10.2 Å². The first-order valence-corrected chi connectivity index (χ1v) is 7.64. The van der Waals surface area contributed by atoms with Gasteiger partial charge < -0.3 is 4.52 Å². The summed E-state index contributed by atoms with van der Waals surface area (Å²) in [5.41, 5.74) is 0. The molecule has 0 aromatic carbocycles. The Bertz CT molecular complexity index is 563. The van der Waals surface area contributed by atoms with Gasteiger partial charge in [-0.3, -0.25) is 8.78 Å². The van der Waals surface area contributed by atoms with E-state index in [-0.39, 0.29) is 0 Å². The van der Waals surface area contributed by atoms with Gasteiger partial charge in [-0.05, 0) is 12.3 Å². The highest BCUT2D eigenvalue weighted by Crippen LogP contribution is 2.08. The van der Waals surface area contributed by atoms with Crippen molar-refractivity contribution < 1.29 is 8.73 Å². The van der Waals surface area contributed by atoms with Crippen LogP contribution in [0.2, 0.25) is 0 Å². The molecule has 0 amide bonds. The zero-order chi connectivity index (χ0) is 13.8. The molecule has 2 aromatic rings. The van der Waals surface area contributed by atoms with Crippen LogP contribution >= 0.6 is 0 Å². The molecule has 1 atom stereocenters. The number of hydrogen-bond acceptors (Lipinski definition) is 6. The first-order chi connectivity index (χ1) is 9.06. The fraction of sp³-hybridized carbons (Fsp3) is 0.636. The van der Waals surface area contributed by atoms with Gasteiger partial charge >= 0.3 is 0 Å². The van der Waals surface area contributed by atoms with Crippen LogP contribution in [0.1, 0.15) is 32.0 Å². The van der Waals surface area contributed by atoms with E-state index in [0.717, 1.165) is 12.8 Å². The van der Waals surface area contributed by atoms with Crippen molar-refractivity contribution in [1.29, 1.82) is 0 Å². The fourth-order valence-electron chi connectivity index (χ4n) is 1.59. The lowest BCUT2D eigenvalue weighted by Crippen LogP contribution is -2.05. The monoisotopic (exact) mass is 283 g/mol. The third kappa shape index (κ3) is 3.69. The Morgan fingerprint density at radius 2 is 2.26 bits per heavy atom. The van der Waals surface area contributed by atoms with Crippen LogP contribution in [0, 0.1) is 5.92 Å². The first-order valence-electron chi connectivity index (χ1n) is 6.09. The number of aryl methyl sites for hydroxylation is 1. The Kier molecular flexibility index (Phi) is 4.41. The summed E-state index contributed by atoms with van der Waals surface area (Å²) in [5, 5.41) is 11.9. The Hall–Kier alpha value is -1.57. The topological polar surface area (TPSA) is 86.7 Å². The molecule has 2 rings (SSSR count). The van der Waals surface area contributed by atoms with Gasteiger partial charge in [0.05, 0.1) is 10.8 Å². The number of hydrogen-bond donors (Lipinski definition) is 0. The summed E-state index contributed by atoms with van der Waals surface area (Å²) in [4.78, 5) is 4.30. The van der Waals surface area contributed by atoms with Gasteiger partial charge in [-0.1, -0.05) is 19.0 Å². The minimum atomic E-state index is -1.19. The molecule has 1 unspecified atom stereocenters. The summed E-state index contributed by atoms with van der Waals surface area (Å²) >= 11 is 0. The molecule has 0 saturated heterocycles. The molecule has 7 nitrogen and oxygen atoms in total. The third-order valence-corrected chi connectivity index (χ3v) is 3.43. The average molecular weight is 283 g/mol. The molecule has 0 spiro atoms. The molecule has 0 fully saturated rings. The van der Waals surface area contributed by atoms with Crippen molar-refractivity contribution >= 4 is 10.8 Å². The van der Waals surface area contributed by atoms with E-state index < -0.39 is 10.8 Å². The predicted octanol–water partition coefficient (Wildman–Crippen LogP) is 1.04. The standard InChI is InChI=1S/C11H17N5O2S/c1-8(2)4-5-9-13-10(18-15-9)6-16-7-12-14-11(16)19(3)17/h7-8H,4-6H2,1-3H3. The molecular weight excluding hydrogens is 266 g/mol. The van der Waals surface area contributed by atoms with Crippen molar-refractivity contribution in [1.82, 2.24) is 24.9 Å². The van der Waals surface area contributed by atoms with Crippen molar-refractivity contribution in [2.45, 2.75) is 38.4 Å². The van der Waals surface area contributed by atoms with Gasteiger partial charge in [0.15, 0.2) is 5.82 Å². The van der Waals surface area contributed by atoms with E-state index in [0.29, 0.717) is 29.3 Å². The maximum absolute atomic E-state index is 11.4. The van der Waals surface area contributed by atoms with Gasteiger partial charge in [-0.2, -0.15) is 4.98 Å². The average Bonchev–Trinajstić information content (AvgIpc) is 2.96. The summed E-state index contributed by atoms with van der Waals surface area (Å²) in [6.45, 7) is 4.65. The van der Waals surface area contributed by atoms with Gasteiger partial charge in [0.25, 0.3) is 0 Å². The second-order valence-corrected chi connectivity index (χ2v) is 6.01. The normalized spacial score (nSPS) is 13.1. The Balaban J connectivity index is 2.03. The SMILES string of the molecule is CC(C)CCc1noc(Cn2cnnc2S(C)=O)n1. The van der Waals surface area contributed by atoms with Crippen molar-refractivity contribution in [3.63, 3.8) is 0 Å². The number of rotatable bonds is 6. The summed E-state index contributed by atoms with van der Waals surface area (Å²) < 4.78 is 18.2. The molecule has 104 valence electrons. The molecule has 0 saturated carbocycles. The van der Waals surface area contributed by atoms with E-state index in [1.165, 1.54) is 6.33 Å². The van der Waals surface area contributed by atoms with E-state index in [9.17, 15) is 4.21 Å². The largest absolute Gasteiger partial charge is 0.337 e. The summed E-state index contributed by atoms with van der Waals surface area (Å²) in [6.07, 6.45) is 4.89. The van der Waals surface area contributed by atoms with E-state index in [1.807, 2.05) is 0 Å². The van der Waals surface area contributed by atoms with Crippen LogP contribution < -0.4 is 0 Å². The lowest BCUT2D eigenvalue weighted by molar-refractivity contribution is 0.361. The van der Waals surface area contributed by atoms with Gasteiger partial charge in [0.2, 0.25) is 11.0 Å². The summed E-state index contributed by atoms with van der Waals surface area (Å²) in [6, 6.07) is 0. The smallest absolute Gasteiger partial charge is 0.246 e. The van der Waals surface area contributed by atoms with E-state index in [1.54, 1.807) is 10.8 Å². The molecule has 0 aliphatic heterocycles. The first kappa shape index (κ1) is 13.9. The molecule has 0 N–H and O–H groups in total. The second kappa shape index (κ2) is 6.05. The zero-order valence-corrected chi connectivity index (χ0v) is 12.1. The van der Waals surface area contributed by atoms with E-state index in [4.69, 9.17) is 4.52 Å². The Labute approximate surface area is 113 Å². The molecule has 2 aromatic heterocycles. The van der Waals surface area contributed by atoms with Crippen LogP contribution in [0.15, 0.2) is 16.0 Å². The lowest BCUT2D eigenvalue weighted by Gasteiger charge is -2.00. The quantitative estimate of drug-likeness (QED) is 0.787. The van der Waals surface area contributed by atoms with Crippen LogP contribution in [0.4, 0.5) is 0 Å². The Morgan fingerprint density at radius 1 is 1.47 bits per heavy atom. The van der Waals surface area contributed by atoms with Crippen LogP contribution in [-0.2, 0) is 23.8 Å². The maximum atomic E-state index is 11.4. The highest BCUT2D eigenvalue weighted by molar-refractivity contribution is 7.84. The molecule has 2 heterocycles. The van der Waals surface area contributed by atoms with Crippen LogP contribution in [0.5, 0.6) is 0 Å². The molecular formula is C11H17N5O2S. The Morgan fingerprint density at radius 3 is 2.95 bits per heavy atom. The van der Waals surface area contributed by atoms with Gasteiger partial charge in [0, 0.05) is 12.7 Å². The maximum Gasteiger partial charge on any atom is 0.246 e. The number of aromatic nitrogens is 5. The second-order valence-electron chi connectivity index (χ2n) is 4.73. The molecule has 0 radical (unpaired) electrons. The van der Waals surface area contributed by atoms with E-state index >= 15 is 0 Å². The predicted molar refractivity (Wildman–Crippen MR) is 68.9 cm³/mol. The fourth-order valence-corrected chi connectivity index (χ4v) is 2.20. The molecule has 0 aliphatic rings. The van der Waals surface area contributed by atoms with E-state index in [2.05, 4.69) is 34.2 Å². The highest BCUT2D eigenvalue weighted by Gasteiger charge is 2.12. The molecule has 0 aliphatic carbocycles. The third-order valence-electron chi connectivity index (χ3n) is 2.60. The van der Waals surface area contributed by atoms with Crippen LogP contribution in [0.3, 0.4) is 0 Å². The van der Waals surface area contributed by atoms with Gasteiger partial charge in [0.1, 0.15) is 12.9 Å². The molecule has 0 bridgehead atoms. The zero-order valence-electron chi connectivity index (χ0n) is 11.2. The van der Waals surface area contributed by atoms with Crippen molar-refractivity contribution in [3.8, 4) is 0 Å². The van der Waals surface area contributed by atoms with Crippen molar-refractivity contribution in [2.75, 3.05) is 6.26 Å². The minimum Gasteiger partial charge on any atom is -0.337 e. The lowest BCUT2D eigenvalue weighted by atomic mass is 10.1. The summed E-state index contributed by atoms with van der Waals surface area (Å²) in [5.74, 6) is 1.79. The number of nitrogens with zero attached hydrogens (tertiary/aromatic N) is 5. The van der Waals surface area contributed by atoms with Crippen molar-refractivity contribution in [2.24, 2.45) is 5.92 Å². The molecule has 8 heteroatoms. The van der Waals surface area contributed by atoms with Crippen LogP contribution in [0.25, 0.3) is 0 Å². The highest BCUT2D eigenvalue weighted by atomic mass is 32.2. The minimum absolute atomic E-state index is 0.344. The molecule has 19 heavy (non-hydrogen) atoms. The van der Waals surface area contributed by atoms with Crippen LogP contribution in [-0.4, -0.2) is 35.4 Å². The van der Waals surface area contributed by atoms with Gasteiger partial charge in [-0.25, -0.2) is 0 Å². The summed E-state index contributed by atoms with van der Waals surface area (Å²) in [7, 11) is -1.19. The van der Waals surface area contributed by atoms with Crippen molar-refractivity contribution in [3.05, 3.63) is 18.0 Å².